The smallest absolute Gasteiger partial charge is 0.336 e. The van der Waals surface area contributed by atoms with Crippen molar-refractivity contribution in [3.63, 3.8) is 0 Å². The van der Waals surface area contributed by atoms with Crippen molar-refractivity contribution in [2.45, 2.75) is 31.5 Å². The topological polar surface area (TPSA) is 185 Å². The first-order valence-corrected chi connectivity index (χ1v) is 11.4. The largest absolute Gasteiger partial charge is 0.504 e. The van der Waals surface area contributed by atoms with E-state index in [1.54, 1.807) is 6.07 Å². The Morgan fingerprint density at radius 3 is 2.42 bits per heavy atom. The van der Waals surface area contributed by atoms with Crippen molar-refractivity contribution >= 4 is 23.0 Å². The molecule has 38 heavy (non-hydrogen) atoms. The van der Waals surface area contributed by atoms with E-state index in [-0.39, 0.29) is 28.6 Å². The van der Waals surface area contributed by atoms with E-state index < -0.39 is 49.4 Å². The van der Waals surface area contributed by atoms with E-state index in [2.05, 4.69) is 0 Å². The van der Waals surface area contributed by atoms with Crippen LogP contribution in [0, 0.1) is 0 Å². The maximum absolute atomic E-state index is 12.4. The minimum Gasteiger partial charge on any atom is -0.504 e. The molecule has 0 aliphatic carbocycles. The molecule has 0 saturated heterocycles. The van der Waals surface area contributed by atoms with Gasteiger partial charge < -0.3 is 48.9 Å². The summed E-state index contributed by atoms with van der Waals surface area (Å²) in [6, 6.07) is 9.60. The fourth-order valence-corrected chi connectivity index (χ4v) is 3.46. The zero-order valence-electron chi connectivity index (χ0n) is 20.5. The molecule has 3 rings (SSSR count). The van der Waals surface area contributed by atoms with E-state index in [0.29, 0.717) is 10.9 Å². The molecular weight excluding hydrogens is 504 g/mol. The maximum atomic E-state index is 12.4. The summed E-state index contributed by atoms with van der Waals surface area (Å²) in [5, 5.41) is 49.4. The number of methoxy groups -OCH3 is 1. The molecule has 12 heteroatoms. The van der Waals surface area contributed by atoms with Gasteiger partial charge in [-0.3, -0.25) is 0 Å². The van der Waals surface area contributed by atoms with Crippen LogP contribution >= 0.6 is 0 Å². The van der Waals surface area contributed by atoms with Crippen molar-refractivity contribution in [2.24, 2.45) is 0 Å². The van der Waals surface area contributed by atoms with Gasteiger partial charge in [-0.05, 0) is 42.8 Å². The van der Waals surface area contributed by atoms with Crippen molar-refractivity contribution in [1.29, 1.82) is 0 Å². The number of carbonyl (C=O) groups excluding carboxylic acids is 1. The first-order chi connectivity index (χ1) is 18.1. The van der Waals surface area contributed by atoms with Gasteiger partial charge in [0.15, 0.2) is 29.1 Å². The first kappa shape index (κ1) is 28.5. The lowest BCUT2D eigenvalue weighted by Gasteiger charge is -2.30. The summed E-state index contributed by atoms with van der Waals surface area (Å²) in [6.45, 7) is -0.113. The van der Waals surface area contributed by atoms with Crippen LogP contribution in [0.25, 0.3) is 17.0 Å². The van der Waals surface area contributed by atoms with Gasteiger partial charge in [0.1, 0.15) is 18.3 Å². The zero-order chi connectivity index (χ0) is 27.8. The van der Waals surface area contributed by atoms with Gasteiger partial charge in [-0.2, -0.15) is 0 Å². The van der Waals surface area contributed by atoms with Crippen LogP contribution in [-0.2, 0) is 14.3 Å². The number of ether oxygens (including phenoxy) is 4. The lowest BCUT2D eigenvalue weighted by molar-refractivity contribution is -0.202. The van der Waals surface area contributed by atoms with Crippen LogP contribution in [0.3, 0.4) is 0 Å². The van der Waals surface area contributed by atoms with Gasteiger partial charge in [-0.1, -0.05) is 6.07 Å². The Bertz CT molecular complexity index is 1330. The second-order valence-corrected chi connectivity index (χ2v) is 8.11. The number of esters is 1. The molecule has 12 nitrogen and oxygen atoms in total. The van der Waals surface area contributed by atoms with Gasteiger partial charge in [-0.15, -0.1) is 0 Å². The number of benzene rings is 2. The van der Waals surface area contributed by atoms with Crippen LogP contribution in [0.1, 0.15) is 12.5 Å². The predicted molar refractivity (Wildman–Crippen MR) is 133 cm³/mol. The molecule has 0 saturated carbocycles. The molecule has 4 atom stereocenters. The quantitative estimate of drug-likeness (QED) is 0.0741. The number of phenolic OH excluding ortho intramolecular Hbond substituents is 2. The number of rotatable bonds is 12. The molecule has 0 aliphatic rings. The SMILES string of the molecule is COc1cc2ccc(=O)oc2cc1OC(CO)OC(CO)C(OC(=O)/C=C/c1ccc(O)c(O)c1)C(C)O. The summed E-state index contributed by atoms with van der Waals surface area (Å²) >= 11 is 0. The highest BCUT2D eigenvalue weighted by Gasteiger charge is 2.32. The van der Waals surface area contributed by atoms with Crippen molar-refractivity contribution < 1.29 is 53.7 Å². The fourth-order valence-electron chi connectivity index (χ4n) is 3.46. The number of aliphatic hydroxyl groups excluding tert-OH is 3. The van der Waals surface area contributed by atoms with Crippen LogP contribution in [-0.4, -0.2) is 76.4 Å². The van der Waals surface area contributed by atoms with E-state index in [9.17, 15) is 35.1 Å². The van der Waals surface area contributed by atoms with Gasteiger partial charge >= 0.3 is 11.6 Å². The van der Waals surface area contributed by atoms with Crippen LogP contribution < -0.4 is 15.1 Å². The molecule has 1 heterocycles. The Morgan fingerprint density at radius 1 is 1.03 bits per heavy atom. The molecule has 0 bridgehead atoms. The molecule has 0 aliphatic heterocycles. The molecule has 2 aromatic carbocycles. The average Bonchev–Trinajstić information content (AvgIpc) is 2.89. The minimum atomic E-state index is -1.41. The summed E-state index contributed by atoms with van der Waals surface area (Å²) in [4.78, 5) is 24.0. The monoisotopic (exact) mass is 532 g/mol. The highest BCUT2D eigenvalue weighted by atomic mass is 16.7. The summed E-state index contributed by atoms with van der Waals surface area (Å²) < 4.78 is 27.0. The Labute approximate surface area is 216 Å². The molecule has 0 amide bonds. The van der Waals surface area contributed by atoms with Gasteiger partial charge in [0.2, 0.25) is 6.29 Å². The number of hydrogen-bond acceptors (Lipinski definition) is 12. The first-order valence-electron chi connectivity index (χ1n) is 11.4. The molecule has 0 radical (unpaired) electrons. The molecule has 4 unspecified atom stereocenters. The standard InChI is InChI=1S/C26H28O12/c1-14(29)26(38-24(33)7-4-15-3-6-17(30)18(31)9-15)22(12-27)37-25(13-28)36-21-11-19-16(10-20(21)34-2)5-8-23(32)35-19/h3-11,14,22,25-31H,12-13H2,1-2H3/b7-4+. The second-order valence-electron chi connectivity index (χ2n) is 8.11. The Kier molecular flexibility index (Phi) is 9.68. The second kappa shape index (κ2) is 12.9. The number of phenols is 2. The van der Waals surface area contributed by atoms with Crippen LogP contribution in [0.4, 0.5) is 0 Å². The van der Waals surface area contributed by atoms with E-state index in [1.807, 2.05) is 0 Å². The van der Waals surface area contributed by atoms with Crippen molar-refractivity contribution in [1.82, 2.24) is 0 Å². The Morgan fingerprint density at radius 2 is 1.79 bits per heavy atom. The van der Waals surface area contributed by atoms with Crippen LogP contribution in [0.2, 0.25) is 0 Å². The number of aliphatic hydroxyl groups is 3. The van der Waals surface area contributed by atoms with Crippen molar-refractivity contribution in [2.75, 3.05) is 20.3 Å². The fraction of sp³-hybridized carbons (Fsp3) is 0.308. The molecule has 204 valence electrons. The minimum absolute atomic E-state index is 0.0516. The van der Waals surface area contributed by atoms with Gasteiger partial charge in [0.05, 0.1) is 19.8 Å². The highest BCUT2D eigenvalue weighted by molar-refractivity contribution is 5.87. The number of fused-ring (bicyclic) bond motifs is 1. The molecule has 0 spiro atoms. The van der Waals surface area contributed by atoms with E-state index in [4.69, 9.17) is 23.4 Å². The Balaban J connectivity index is 1.74. The molecule has 0 fully saturated rings. The van der Waals surface area contributed by atoms with E-state index in [0.717, 1.165) is 6.08 Å². The molecule has 3 aromatic rings. The maximum Gasteiger partial charge on any atom is 0.336 e. The lowest BCUT2D eigenvalue weighted by Crippen LogP contribution is -2.46. The summed E-state index contributed by atoms with van der Waals surface area (Å²) in [6.07, 6.45) is -3.09. The highest BCUT2D eigenvalue weighted by Crippen LogP contribution is 2.33. The number of aromatic hydroxyl groups is 2. The summed E-state index contributed by atoms with van der Waals surface area (Å²) in [5.41, 5.74) is -0.00953. The molecule has 1 aromatic heterocycles. The molecular formula is C26H28O12. The third kappa shape index (κ3) is 7.23. The Hall–Kier alpha value is -4.10. The summed E-state index contributed by atoms with van der Waals surface area (Å²) in [5.74, 6) is -1.32. The third-order valence-corrected chi connectivity index (χ3v) is 5.33. The van der Waals surface area contributed by atoms with Gasteiger partial charge in [-0.25, -0.2) is 9.59 Å². The summed E-state index contributed by atoms with van der Waals surface area (Å²) in [7, 11) is 1.38. The van der Waals surface area contributed by atoms with Gasteiger partial charge in [0, 0.05) is 23.6 Å². The predicted octanol–water partition coefficient (Wildman–Crippen LogP) is 1.29. The van der Waals surface area contributed by atoms with Crippen molar-refractivity contribution in [3.05, 3.63) is 64.5 Å². The van der Waals surface area contributed by atoms with Gasteiger partial charge in [0.25, 0.3) is 0 Å². The van der Waals surface area contributed by atoms with Crippen LogP contribution in [0.5, 0.6) is 23.0 Å². The number of hydrogen-bond donors (Lipinski definition) is 5. The lowest BCUT2D eigenvalue weighted by atomic mass is 10.1. The zero-order valence-corrected chi connectivity index (χ0v) is 20.5. The number of carbonyl (C=O) groups is 1. The third-order valence-electron chi connectivity index (χ3n) is 5.33. The van der Waals surface area contributed by atoms with E-state index in [1.165, 1.54) is 56.5 Å². The van der Waals surface area contributed by atoms with Crippen LogP contribution in [0.15, 0.2) is 57.8 Å². The molecule has 5 N–H and O–H groups in total. The van der Waals surface area contributed by atoms with Crippen molar-refractivity contribution in [3.8, 4) is 23.0 Å². The average molecular weight is 532 g/mol. The normalized spacial score (nSPS) is 14.7. The van der Waals surface area contributed by atoms with E-state index >= 15 is 0 Å².